The van der Waals surface area contributed by atoms with Crippen molar-refractivity contribution in [2.45, 2.75) is 6.92 Å². The van der Waals surface area contributed by atoms with Gasteiger partial charge in [-0.2, -0.15) is 10.4 Å². The highest BCUT2D eigenvalue weighted by atomic mass is 32.1. The second-order valence-corrected chi connectivity index (χ2v) is 6.59. The summed E-state index contributed by atoms with van der Waals surface area (Å²) < 4.78 is 1.17. The van der Waals surface area contributed by atoms with Gasteiger partial charge >= 0.3 is 0 Å². The Morgan fingerprint density at radius 3 is 2.71 bits per heavy atom. The molecule has 0 aliphatic carbocycles. The summed E-state index contributed by atoms with van der Waals surface area (Å²) in [5.41, 5.74) is 12.1. The van der Waals surface area contributed by atoms with Gasteiger partial charge in [0.15, 0.2) is 5.71 Å². The van der Waals surface area contributed by atoms with Crippen LogP contribution in [0.2, 0.25) is 0 Å². The Bertz CT molecular complexity index is 980. The quantitative estimate of drug-likeness (QED) is 0.423. The minimum absolute atomic E-state index is 0.00406. The van der Waals surface area contributed by atoms with Crippen molar-refractivity contribution in [1.29, 1.82) is 5.26 Å². The summed E-state index contributed by atoms with van der Waals surface area (Å²) in [6.45, 7) is 2.07. The highest BCUT2D eigenvalue weighted by Gasteiger charge is 2.06. The van der Waals surface area contributed by atoms with Crippen LogP contribution in [0.25, 0.3) is 20.8 Å². The Morgan fingerprint density at radius 2 is 2.04 bits per heavy atom. The molecule has 3 aromatic rings. The van der Waals surface area contributed by atoms with Crippen molar-refractivity contribution < 1.29 is 0 Å². The number of thiocarbonyl (C=S) groups is 1. The third-order valence-electron chi connectivity index (χ3n) is 3.31. The number of nitriles is 1. The van der Waals surface area contributed by atoms with Crippen LogP contribution in [-0.4, -0.2) is 15.7 Å². The molecular formula is C17H13N5S2. The summed E-state index contributed by atoms with van der Waals surface area (Å²) in [5, 5.41) is 13.7. The van der Waals surface area contributed by atoms with Crippen molar-refractivity contribution in [3.8, 4) is 16.6 Å². The number of fused-ring (bicyclic) bond motifs is 1. The van der Waals surface area contributed by atoms with E-state index in [2.05, 4.69) is 34.6 Å². The summed E-state index contributed by atoms with van der Waals surface area (Å²) in [6, 6.07) is 15.7. The lowest BCUT2D eigenvalue weighted by Gasteiger charge is -2.02. The second-order valence-electron chi connectivity index (χ2n) is 5.12. The lowest BCUT2D eigenvalue weighted by atomic mass is 10.2. The number of benzene rings is 2. The number of anilines is 1. The fraction of sp³-hybridized carbons (Fsp3) is 0.0588. The van der Waals surface area contributed by atoms with E-state index in [1.807, 2.05) is 36.4 Å². The van der Waals surface area contributed by atoms with Gasteiger partial charge in [0.2, 0.25) is 0 Å². The second kappa shape index (κ2) is 6.74. The molecule has 3 rings (SSSR count). The Kier molecular flexibility index (Phi) is 4.51. The topological polar surface area (TPSA) is 87.1 Å². The minimum Gasteiger partial charge on any atom is -0.387 e. The Labute approximate surface area is 148 Å². The number of nitrogens with one attached hydrogen (secondary N) is 1. The molecule has 1 heterocycles. The fourth-order valence-corrected chi connectivity index (χ4v) is 3.26. The summed E-state index contributed by atoms with van der Waals surface area (Å²) in [7, 11) is 0. The average Bonchev–Trinajstić information content (AvgIpc) is 2.98. The molecule has 2 aromatic carbocycles. The number of thiazole rings is 1. The molecule has 24 heavy (non-hydrogen) atoms. The number of hydrazone groups is 1. The molecular weight excluding hydrogens is 338 g/mol. The lowest BCUT2D eigenvalue weighted by Crippen LogP contribution is -2.20. The molecule has 5 nitrogen and oxygen atoms in total. The maximum Gasteiger partial charge on any atom is 0.194 e. The molecule has 3 N–H and O–H groups in total. The van der Waals surface area contributed by atoms with Gasteiger partial charge in [-0.15, -0.1) is 11.3 Å². The van der Waals surface area contributed by atoms with E-state index in [1.54, 1.807) is 11.3 Å². The van der Waals surface area contributed by atoms with E-state index in [1.165, 1.54) is 10.3 Å². The first-order chi connectivity index (χ1) is 11.6. The zero-order chi connectivity index (χ0) is 17.1. The molecule has 0 bridgehead atoms. The van der Waals surface area contributed by atoms with Gasteiger partial charge < -0.3 is 5.73 Å². The summed E-state index contributed by atoms with van der Waals surface area (Å²) >= 11 is 6.39. The monoisotopic (exact) mass is 351 g/mol. The van der Waals surface area contributed by atoms with Gasteiger partial charge in [0, 0.05) is 5.56 Å². The van der Waals surface area contributed by atoms with Gasteiger partial charge in [0.25, 0.3) is 0 Å². The van der Waals surface area contributed by atoms with Crippen molar-refractivity contribution in [3.05, 3.63) is 48.0 Å². The van der Waals surface area contributed by atoms with Crippen LogP contribution in [-0.2, 0) is 0 Å². The van der Waals surface area contributed by atoms with Crippen LogP contribution in [0, 0.1) is 18.3 Å². The van der Waals surface area contributed by atoms with E-state index in [0.29, 0.717) is 0 Å². The molecule has 0 fully saturated rings. The van der Waals surface area contributed by atoms with Crippen LogP contribution in [0.15, 0.2) is 47.6 Å². The highest BCUT2D eigenvalue weighted by Crippen LogP contribution is 2.31. The van der Waals surface area contributed by atoms with Gasteiger partial charge in [-0.25, -0.2) is 4.98 Å². The van der Waals surface area contributed by atoms with Crippen molar-refractivity contribution in [2.75, 3.05) is 5.43 Å². The molecule has 0 aliphatic heterocycles. The van der Waals surface area contributed by atoms with E-state index in [4.69, 9.17) is 23.2 Å². The molecule has 0 saturated carbocycles. The predicted octanol–water partition coefficient (Wildman–Crippen LogP) is 3.85. The Hall–Kier alpha value is -2.82. The predicted molar refractivity (Wildman–Crippen MR) is 103 cm³/mol. The molecule has 0 radical (unpaired) electrons. The SMILES string of the molecule is Cc1ccc2nc(-c3ccc(N/N=C(/C#N)C(N)=S)cc3)sc2c1. The summed E-state index contributed by atoms with van der Waals surface area (Å²) in [4.78, 5) is 4.62. The first kappa shape index (κ1) is 16.1. The number of aryl methyl sites for hydroxylation is 1. The van der Waals surface area contributed by atoms with Gasteiger partial charge in [-0.3, -0.25) is 5.43 Å². The van der Waals surface area contributed by atoms with Gasteiger partial charge in [0.05, 0.1) is 15.9 Å². The summed E-state index contributed by atoms with van der Waals surface area (Å²) in [6.07, 6.45) is 0. The van der Waals surface area contributed by atoms with Crippen LogP contribution in [0.4, 0.5) is 5.69 Å². The largest absolute Gasteiger partial charge is 0.387 e. The Morgan fingerprint density at radius 1 is 1.29 bits per heavy atom. The number of hydrogen-bond donors (Lipinski definition) is 2. The number of hydrogen-bond acceptors (Lipinski definition) is 6. The first-order valence-corrected chi connectivity index (χ1v) is 8.30. The zero-order valence-corrected chi connectivity index (χ0v) is 14.4. The zero-order valence-electron chi connectivity index (χ0n) is 12.8. The van der Waals surface area contributed by atoms with Crippen LogP contribution in [0.1, 0.15) is 5.56 Å². The van der Waals surface area contributed by atoms with Gasteiger partial charge in [0.1, 0.15) is 16.1 Å². The molecule has 0 spiro atoms. The maximum atomic E-state index is 8.86. The molecule has 0 unspecified atom stereocenters. The molecule has 0 saturated heterocycles. The van der Waals surface area contributed by atoms with Crippen molar-refractivity contribution in [1.82, 2.24) is 4.98 Å². The maximum absolute atomic E-state index is 8.86. The van der Waals surface area contributed by atoms with Crippen molar-refractivity contribution in [3.63, 3.8) is 0 Å². The first-order valence-electron chi connectivity index (χ1n) is 7.08. The van der Waals surface area contributed by atoms with Crippen LogP contribution in [0.3, 0.4) is 0 Å². The molecule has 1 aromatic heterocycles. The number of nitrogens with zero attached hydrogens (tertiary/aromatic N) is 3. The molecule has 7 heteroatoms. The lowest BCUT2D eigenvalue weighted by molar-refractivity contribution is 1.34. The summed E-state index contributed by atoms with van der Waals surface area (Å²) in [5.74, 6) is 0. The van der Waals surface area contributed by atoms with Gasteiger partial charge in [-0.1, -0.05) is 18.3 Å². The third-order valence-corrected chi connectivity index (χ3v) is 4.57. The standard InChI is InChI=1S/C17H13N5S2/c1-10-2-7-13-15(8-10)24-17(20-13)11-3-5-12(6-4-11)21-22-14(9-18)16(19)23/h2-8,21H,1H3,(H2,19,23)/b22-14-. The van der Waals surface area contributed by atoms with E-state index < -0.39 is 0 Å². The van der Waals surface area contributed by atoms with Crippen molar-refractivity contribution >= 4 is 50.2 Å². The molecule has 0 aliphatic rings. The van der Waals surface area contributed by atoms with E-state index in [9.17, 15) is 0 Å². The van der Waals surface area contributed by atoms with E-state index in [0.717, 1.165) is 21.8 Å². The molecule has 0 amide bonds. The van der Waals surface area contributed by atoms with Crippen LogP contribution in [0.5, 0.6) is 0 Å². The number of rotatable bonds is 4. The average molecular weight is 351 g/mol. The van der Waals surface area contributed by atoms with Crippen LogP contribution < -0.4 is 11.2 Å². The van der Waals surface area contributed by atoms with Gasteiger partial charge in [-0.05, 0) is 48.9 Å². The van der Waals surface area contributed by atoms with Crippen LogP contribution >= 0.6 is 23.6 Å². The minimum atomic E-state index is -0.0358. The normalized spacial score (nSPS) is 11.2. The van der Waals surface area contributed by atoms with Crippen molar-refractivity contribution in [2.24, 2.45) is 10.8 Å². The number of nitrogens with two attached hydrogens (primary N) is 1. The highest BCUT2D eigenvalue weighted by molar-refractivity contribution is 7.82. The molecule has 118 valence electrons. The van der Waals surface area contributed by atoms with E-state index >= 15 is 0 Å². The fourth-order valence-electron chi connectivity index (χ4n) is 2.10. The Balaban J connectivity index is 1.83. The van der Waals surface area contributed by atoms with E-state index in [-0.39, 0.29) is 10.7 Å². The smallest absolute Gasteiger partial charge is 0.194 e. The molecule has 0 atom stereocenters. The third kappa shape index (κ3) is 3.40. The number of aromatic nitrogens is 1.